The van der Waals surface area contributed by atoms with E-state index < -0.39 is 5.60 Å². The molecule has 106 valence electrons. The minimum absolute atomic E-state index is 0.639. The number of aromatic nitrogens is 3. The number of para-hydroxylation sites is 1. The van der Waals surface area contributed by atoms with Gasteiger partial charge in [0.2, 0.25) is 0 Å². The minimum atomic E-state index is -1.10. The molecule has 0 spiro atoms. The first kappa shape index (κ1) is 12.3. The molecule has 0 aliphatic heterocycles. The van der Waals surface area contributed by atoms with Gasteiger partial charge < -0.3 is 9.52 Å². The summed E-state index contributed by atoms with van der Waals surface area (Å²) in [6, 6.07) is 11.6. The zero-order valence-electron chi connectivity index (χ0n) is 11.4. The highest BCUT2D eigenvalue weighted by Gasteiger charge is 2.41. The Labute approximate surface area is 121 Å². The van der Waals surface area contributed by atoms with E-state index >= 15 is 0 Å². The third-order valence-electron chi connectivity index (χ3n) is 4.11. The Morgan fingerprint density at radius 2 is 2.05 bits per heavy atom. The van der Waals surface area contributed by atoms with E-state index in [1.165, 1.54) is 0 Å². The van der Waals surface area contributed by atoms with Gasteiger partial charge in [-0.3, -0.25) is 0 Å². The lowest BCUT2D eigenvalue weighted by Gasteiger charge is -2.31. The van der Waals surface area contributed by atoms with Crippen molar-refractivity contribution in [3.05, 3.63) is 65.9 Å². The molecule has 3 aromatic rings. The number of hydrogen-bond acceptors (Lipinski definition) is 4. The van der Waals surface area contributed by atoms with E-state index in [1.54, 1.807) is 17.1 Å². The summed E-state index contributed by atoms with van der Waals surface area (Å²) in [5.74, 6) is 0.851. The molecule has 5 heteroatoms. The van der Waals surface area contributed by atoms with Crippen LogP contribution in [0, 0.1) is 0 Å². The topological polar surface area (TPSA) is 64.1 Å². The summed E-state index contributed by atoms with van der Waals surface area (Å²) in [5, 5.41) is 19.4. The van der Waals surface area contributed by atoms with Gasteiger partial charge in [0.05, 0.1) is 18.1 Å². The van der Waals surface area contributed by atoms with Crippen LogP contribution in [0.2, 0.25) is 0 Å². The Balaban J connectivity index is 1.88. The maximum absolute atomic E-state index is 11.3. The summed E-state index contributed by atoms with van der Waals surface area (Å²) in [5.41, 5.74) is 1.29. The number of fused-ring (bicyclic) bond motifs is 1. The summed E-state index contributed by atoms with van der Waals surface area (Å²) < 4.78 is 7.18. The average Bonchev–Trinajstić information content (AvgIpc) is 3.18. The van der Waals surface area contributed by atoms with Gasteiger partial charge in [-0.25, -0.2) is 4.68 Å². The molecule has 1 unspecified atom stereocenters. The van der Waals surface area contributed by atoms with E-state index in [-0.39, 0.29) is 0 Å². The van der Waals surface area contributed by atoms with E-state index in [4.69, 9.17) is 4.42 Å². The molecule has 1 atom stereocenters. The SMILES string of the molecule is OC1(c2cnnn2-c2ccccc2)CCCc2occc21. The molecular weight excluding hydrogens is 266 g/mol. The van der Waals surface area contributed by atoms with Crippen molar-refractivity contribution in [2.24, 2.45) is 0 Å². The van der Waals surface area contributed by atoms with Crippen molar-refractivity contribution in [3.8, 4) is 5.69 Å². The quantitative estimate of drug-likeness (QED) is 0.783. The standard InChI is InChI=1S/C16H15N3O2/c20-16(9-4-7-14-13(16)8-10-21-14)15-11-17-18-19(15)12-5-2-1-3-6-12/h1-3,5-6,8,10-11,20H,4,7,9H2. The molecule has 5 nitrogen and oxygen atoms in total. The maximum Gasteiger partial charge on any atom is 0.137 e. The van der Waals surface area contributed by atoms with Crippen molar-refractivity contribution in [2.45, 2.75) is 24.9 Å². The average molecular weight is 281 g/mol. The van der Waals surface area contributed by atoms with Crippen LogP contribution in [0.5, 0.6) is 0 Å². The van der Waals surface area contributed by atoms with Gasteiger partial charge in [0.1, 0.15) is 17.1 Å². The van der Waals surface area contributed by atoms with Crippen molar-refractivity contribution >= 4 is 0 Å². The molecule has 1 N–H and O–H groups in total. The van der Waals surface area contributed by atoms with Gasteiger partial charge >= 0.3 is 0 Å². The largest absolute Gasteiger partial charge is 0.469 e. The van der Waals surface area contributed by atoms with Crippen LogP contribution in [0.1, 0.15) is 29.9 Å². The van der Waals surface area contributed by atoms with Crippen molar-refractivity contribution in [3.63, 3.8) is 0 Å². The normalized spacial score (nSPS) is 21.2. The van der Waals surface area contributed by atoms with Crippen LogP contribution in [-0.2, 0) is 12.0 Å². The fourth-order valence-corrected chi connectivity index (χ4v) is 3.09. The number of furan rings is 1. The Bertz CT molecular complexity index is 763. The lowest BCUT2D eigenvalue weighted by molar-refractivity contribution is 0.0521. The van der Waals surface area contributed by atoms with E-state index in [2.05, 4.69) is 10.3 Å². The second-order valence-corrected chi connectivity index (χ2v) is 5.34. The first-order valence-electron chi connectivity index (χ1n) is 7.05. The number of hydrogen-bond donors (Lipinski definition) is 1. The van der Waals surface area contributed by atoms with Gasteiger partial charge in [-0.05, 0) is 31.0 Å². The summed E-state index contributed by atoms with van der Waals surface area (Å²) in [7, 11) is 0. The van der Waals surface area contributed by atoms with Crippen LogP contribution < -0.4 is 0 Å². The number of benzene rings is 1. The van der Waals surface area contributed by atoms with Gasteiger partial charge in [0.25, 0.3) is 0 Å². The maximum atomic E-state index is 11.3. The zero-order chi connectivity index (χ0) is 14.3. The number of aryl methyl sites for hydroxylation is 1. The second-order valence-electron chi connectivity index (χ2n) is 5.34. The predicted molar refractivity (Wildman–Crippen MR) is 76.0 cm³/mol. The molecule has 0 bridgehead atoms. The van der Waals surface area contributed by atoms with Crippen LogP contribution >= 0.6 is 0 Å². The van der Waals surface area contributed by atoms with E-state index in [1.807, 2.05) is 36.4 Å². The molecule has 0 saturated carbocycles. The Kier molecular flexibility index (Phi) is 2.68. The fraction of sp³-hybridized carbons (Fsp3) is 0.250. The molecule has 0 amide bonds. The Hall–Kier alpha value is -2.40. The number of nitrogens with zero attached hydrogens (tertiary/aromatic N) is 3. The smallest absolute Gasteiger partial charge is 0.137 e. The molecule has 21 heavy (non-hydrogen) atoms. The van der Waals surface area contributed by atoms with Crippen LogP contribution in [-0.4, -0.2) is 20.1 Å². The van der Waals surface area contributed by atoms with Gasteiger partial charge in [-0.2, -0.15) is 0 Å². The third kappa shape index (κ3) is 1.81. The van der Waals surface area contributed by atoms with Crippen molar-refractivity contribution in [1.29, 1.82) is 0 Å². The van der Waals surface area contributed by atoms with Crippen LogP contribution in [0.3, 0.4) is 0 Å². The van der Waals surface area contributed by atoms with Crippen LogP contribution in [0.15, 0.2) is 53.3 Å². The molecule has 2 heterocycles. The lowest BCUT2D eigenvalue weighted by atomic mass is 9.80. The summed E-state index contributed by atoms with van der Waals surface area (Å²) in [4.78, 5) is 0. The predicted octanol–water partition coefficient (Wildman–Crippen LogP) is 2.43. The van der Waals surface area contributed by atoms with Crippen molar-refractivity contribution in [2.75, 3.05) is 0 Å². The van der Waals surface area contributed by atoms with Crippen molar-refractivity contribution < 1.29 is 9.52 Å². The molecule has 1 aliphatic carbocycles. The van der Waals surface area contributed by atoms with Gasteiger partial charge in [0.15, 0.2) is 0 Å². The highest BCUT2D eigenvalue weighted by molar-refractivity contribution is 5.40. The van der Waals surface area contributed by atoms with E-state index in [9.17, 15) is 5.11 Å². The minimum Gasteiger partial charge on any atom is -0.469 e. The zero-order valence-corrected chi connectivity index (χ0v) is 11.4. The molecule has 4 rings (SSSR count). The Morgan fingerprint density at radius 1 is 1.19 bits per heavy atom. The molecule has 1 aromatic carbocycles. The van der Waals surface area contributed by atoms with E-state index in [0.717, 1.165) is 29.9 Å². The highest BCUT2D eigenvalue weighted by Crippen LogP contribution is 2.41. The van der Waals surface area contributed by atoms with Gasteiger partial charge in [-0.1, -0.05) is 23.4 Å². The summed E-state index contributed by atoms with van der Waals surface area (Å²) in [6.45, 7) is 0. The molecule has 0 saturated heterocycles. The van der Waals surface area contributed by atoms with Gasteiger partial charge in [0, 0.05) is 12.0 Å². The summed E-state index contributed by atoms with van der Waals surface area (Å²) >= 11 is 0. The second kappa shape index (κ2) is 4.56. The molecule has 0 radical (unpaired) electrons. The lowest BCUT2D eigenvalue weighted by Crippen LogP contribution is -2.33. The number of aliphatic hydroxyl groups is 1. The van der Waals surface area contributed by atoms with Crippen molar-refractivity contribution in [1.82, 2.24) is 15.0 Å². The first-order chi connectivity index (χ1) is 10.3. The fourth-order valence-electron chi connectivity index (χ4n) is 3.09. The van der Waals surface area contributed by atoms with E-state index in [0.29, 0.717) is 12.1 Å². The molecule has 0 fully saturated rings. The highest BCUT2D eigenvalue weighted by atomic mass is 16.3. The monoisotopic (exact) mass is 281 g/mol. The first-order valence-corrected chi connectivity index (χ1v) is 7.05. The summed E-state index contributed by atoms with van der Waals surface area (Å²) in [6.07, 6.45) is 5.64. The van der Waals surface area contributed by atoms with Gasteiger partial charge in [-0.15, -0.1) is 5.10 Å². The molecule has 2 aromatic heterocycles. The Morgan fingerprint density at radius 3 is 2.90 bits per heavy atom. The van der Waals surface area contributed by atoms with Crippen LogP contribution in [0.4, 0.5) is 0 Å². The van der Waals surface area contributed by atoms with Crippen LogP contribution in [0.25, 0.3) is 5.69 Å². The molecular formula is C16H15N3O2. The molecule has 1 aliphatic rings. The third-order valence-corrected chi connectivity index (χ3v) is 4.11. The number of rotatable bonds is 2.